The molecule has 3 aliphatic rings. The quantitative estimate of drug-likeness (QED) is 0.369. The van der Waals surface area contributed by atoms with Gasteiger partial charge >= 0.3 is 5.97 Å². The van der Waals surface area contributed by atoms with Gasteiger partial charge in [0, 0.05) is 6.42 Å². The van der Waals surface area contributed by atoms with Crippen LogP contribution in [0.3, 0.4) is 0 Å². The third-order valence-electron chi connectivity index (χ3n) is 6.05. The first-order valence-corrected chi connectivity index (χ1v) is 10.3. The topological polar surface area (TPSA) is 57.5 Å². The first-order valence-electron chi connectivity index (χ1n) is 10.3. The number of unbranched alkanes of at least 4 members (excludes halogenated alkanes) is 3. The van der Waals surface area contributed by atoms with Gasteiger partial charge in [-0.25, -0.2) is 0 Å². The largest absolute Gasteiger partial charge is 0.481 e. The van der Waals surface area contributed by atoms with Crippen LogP contribution in [0.2, 0.25) is 0 Å². The van der Waals surface area contributed by atoms with Crippen molar-refractivity contribution in [2.24, 2.45) is 23.7 Å². The lowest BCUT2D eigenvalue weighted by Crippen LogP contribution is -2.41. The molecule has 3 saturated carbocycles. The Kier molecular flexibility index (Phi) is 8.74. The smallest absolute Gasteiger partial charge is 0.303 e. The normalized spacial score (nSPS) is 29.8. The molecule has 142 valence electrons. The molecule has 0 aromatic carbocycles. The maximum Gasteiger partial charge on any atom is 0.303 e. The van der Waals surface area contributed by atoms with Crippen LogP contribution in [0.5, 0.6) is 0 Å². The van der Waals surface area contributed by atoms with E-state index < -0.39 is 5.97 Å². The van der Waals surface area contributed by atoms with Gasteiger partial charge in [0.1, 0.15) is 0 Å². The molecule has 0 aliphatic heterocycles. The molecule has 0 aromatic rings. The van der Waals surface area contributed by atoms with Crippen molar-refractivity contribution < 1.29 is 15.0 Å². The molecule has 3 heteroatoms. The minimum Gasteiger partial charge on any atom is -0.481 e. The lowest BCUT2D eigenvalue weighted by molar-refractivity contribution is -0.137. The maximum atomic E-state index is 10.5. The molecule has 2 N–H and O–H groups in total. The standard InChI is InChI=1S/C22H36O3/c1-2-3-6-9-20(23)13-12-18-14-17-15-19(16-17)21(18)10-7-4-5-8-11-22(24)25/h4,7,12-13,17-21,23H,2-3,5-6,8-11,14-16H2,1H3,(H,24,25)/b7-4+,13-12+/t17?,18-,19?,20?,21?/m0/s1. The molecule has 3 rings (SSSR count). The number of carboxylic acids is 1. The maximum absolute atomic E-state index is 10.5. The molecule has 0 aromatic heterocycles. The summed E-state index contributed by atoms with van der Waals surface area (Å²) in [6.45, 7) is 2.19. The predicted octanol–water partition coefficient (Wildman–Crippen LogP) is 5.35. The first-order chi connectivity index (χ1) is 12.1. The van der Waals surface area contributed by atoms with Crippen molar-refractivity contribution in [3.8, 4) is 0 Å². The molecule has 2 unspecified atom stereocenters. The summed E-state index contributed by atoms with van der Waals surface area (Å²) in [7, 11) is 0. The van der Waals surface area contributed by atoms with E-state index in [-0.39, 0.29) is 12.5 Å². The summed E-state index contributed by atoms with van der Waals surface area (Å²) in [4.78, 5) is 10.5. The van der Waals surface area contributed by atoms with Gasteiger partial charge in [0.15, 0.2) is 0 Å². The van der Waals surface area contributed by atoms with Crippen molar-refractivity contribution in [3.63, 3.8) is 0 Å². The summed E-state index contributed by atoms with van der Waals surface area (Å²) in [5.41, 5.74) is 0. The van der Waals surface area contributed by atoms with E-state index in [1.54, 1.807) is 0 Å². The van der Waals surface area contributed by atoms with Crippen molar-refractivity contribution in [1.29, 1.82) is 0 Å². The Hall–Kier alpha value is -1.09. The molecule has 3 aliphatic carbocycles. The van der Waals surface area contributed by atoms with Gasteiger partial charge in [-0.05, 0) is 68.6 Å². The van der Waals surface area contributed by atoms with Crippen LogP contribution in [-0.4, -0.2) is 22.3 Å². The van der Waals surface area contributed by atoms with Crippen molar-refractivity contribution in [1.82, 2.24) is 0 Å². The zero-order valence-corrected chi connectivity index (χ0v) is 15.8. The van der Waals surface area contributed by atoms with Crippen LogP contribution in [0.4, 0.5) is 0 Å². The van der Waals surface area contributed by atoms with E-state index in [1.807, 2.05) is 0 Å². The summed E-state index contributed by atoms with van der Waals surface area (Å²) in [5.74, 6) is 2.38. The molecule has 0 spiro atoms. The molecule has 0 heterocycles. The number of hydrogen-bond donors (Lipinski definition) is 2. The van der Waals surface area contributed by atoms with E-state index in [0.29, 0.717) is 11.8 Å². The lowest BCUT2D eigenvalue weighted by atomic mass is 9.55. The van der Waals surface area contributed by atoms with Crippen LogP contribution in [0, 0.1) is 23.7 Å². The van der Waals surface area contributed by atoms with E-state index in [9.17, 15) is 9.90 Å². The number of allylic oxidation sites excluding steroid dienone is 3. The average Bonchev–Trinajstić information content (AvgIpc) is 2.55. The third-order valence-corrected chi connectivity index (χ3v) is 6.05. The Bertz CT molecular complexity index is 448. The second kappa shape index (κ2) is 10.8. The Morgan fingerprint density at radius 1 is 1.16 bits per heavy atom. The van der Waals surface area contributed by atoms with E-state index in [2.05, 4.69) is 31.2 Å². The van der Waals surface area contributed by atoms with Crippen LogP contribution in [-0.2, 0) is 4.79 Å². The number of aliphatic carboxylic acids is 1. The van der Waals surface area contributed by atoms with Gasteiger partial charge in [0.2, 0.25) is 0 Å². The van der Waals surface area contributed by atoms with Crippen LogP contribution in [0.15, 0.2) is 24.3 Å². The summed E-state index contributed by atoms with van der Waals surface area (Å²) in [5, 5.41) is 18.8. The van der Waals surface area contributed by atoms with E-state index >= 15 is 0 Å². The highest BCUT2D eigenvalue weighted by atomic mass is 16.4. The second-order valence-corrected chi connectivity index (χ2v) is 8.10. The van der Waals surface area contributed by atoms with Crippen molar-refractivity contribution >= 4 is 5.97 Å². The minimum atomic E-state index is -0.705. The monoisotopic (exact) mass is 348 g/mol. The summed E-state index contributed by atoms with van der Waals surface area (Å²) >= 11 is 0. The molecule has 25 heavy (non-hydrogen) atoms. The Labute approximate surface area is 153 Å². The zero-order valence-electron chi connectivity index (χ0n) is 15.8. The van der Waals surface area contributed by atoms with E-state index in [0.717, 1.165) is 43.9 Å². The minimum absolute atomic E-state index is 0.263. The van der Waals surface area contributed by atoms with Crippen LogP contribution < -0.4 is 0 Å². The number of carbonyl (C=O) groups is 1. The number of aliphatic hydroxyl groups is 1. The molecule has 2 bridgehead atoms. The first kappa shape index (κ1) is 20.2. The molecular weight excluding hydrogens is 312 g/mol. The van der Waals surface area contributed by atoms with E-state index in [1.165, 1.54) is 32.1 Å². The van der Waals surface area contributed by atoms with Gasteiger partial charge in [0.25, 0.3) is 0 Å². The van der Waals surface area contributed by atoms with Crippen molar-refractivity contribution in [3.05, 3.63) is 24.3 Å². The Balaban J connectivity index is 1.76. The summed E-state index contributed by atoms with van der Waals surface area (Å²) in [6.07, 6.45) is 19.9. The summed E-state index contributed by atoms with van der Waals surface area (Å²) in [6, 6.07) is 0. The van der Waals surface area contributed by atoms with Crippen LogP contribution >= 0.6 is 0 Å². The van der Waals surface area contributed by atoms with Gasteiger partial charge in [-0.1, -0.05) is 50.5 Å². The molecule has 0 saturated heterocycles. The molecule has 3 atom stereocenters. The predicted molar refractivity (Wildman–Crippen MR) is 102 cm³/mol. The molecule has 0 amide bonds. The summed E-state index contributed by atoms with van der Waals surface area (Å²) < 4.78 is 0. The number of carboxylic acid groups (broad SMARTS) is 1. The SMILES string of the molecule is CCCCCC(O)/C=C/[C@H]1CC2CC(C2)C1C/C=C/CCCC(=O)O. The highest BCUT2D eigenvalue weighted by molar-refractivity contribution is 5.66. The highest BCUT2D eigenvalue weighted by Crippen LogP contribution is 2.53. The molecular formula is C22H36O3. The number of hydrogen-bond acceptors (Lipinski definition) is 2. The van der Waals surface area contributed by atoms with Crippen molar-refractivity contribution in [2.75, 3.05) is 0 Å². The Morgan fingerprint density at radius 2 is 1.96 bits per heavy atom. The fraction of sp³-hybridized carbons (Fsp3) is 0.773. The van der Waals surface area contributed by atoms with Gasteiger partial charge < -0.3 is 10.2 Å². The Morgan fingerprint density at radius 3 is 2.68 bits per heavy atom. The van der Waals surface area contributed by atoms with Gasteiger partial charge in [-0.15, -0.1) is 0 Å². The fourth-order valence-corrected chi connectivity index (χ4v) is 4.54. The zero-order chi connectivity index (χ0) is 18.1. The second-order valence-electron chi connectivity index (χ2n) is 8.10. The number of aliphatic hydroxyl groups excluding tert-OH is 1. The molecule has 0 radical (unpaired) electrons. The molecule has 3 fully saturated rings. The number of rotatable bonds is 12. The van der Waals surface area contributed by atoms with Gasteiger partial charge in [0.05, 0.1) is 6.10 Å². The fourth-order valence-electron chi connectivity index (χ4n) is 4.54. The van der Waals surface area contributed by atoms with E-state index in [4.69, 9.17) is 5.11 Å². The van der Waals surface area contributed by atoms with Gasteiger partial charge in [-0.3, -0.25) is 4.79 Å². The highest BCUT2D eigenvalue weighted by Gasteiger charge is 2.43. The molecule has 3 nitrogen and oxygen atoms in total. The van der Waals surface area contributed by atoms with Crippen LogP contribution in [0.1, 0.15) is 77.6 Å². The average molecular weight is 349 g/mol. The van der Waals surface area contributed by atoms with Gasteiger partial charge in [-0.2, -0.15) is 0 Å². The van der Waals surface area contributed by atoms with Crippen molar-refractivity contribution in [2.45, 2.75) is 83.7 Å². The third kappa shape index (κ3) is 6.97. The number of fused-ring (bicyclic) bond motifs is 2. The van der Waals surface area contributed by atoms with Crippen LogP contribution in [0.25, 0.3) is 0 Å². The lowest BCUT2D eigenvalue weighted by Gasteiger charge is -2.50.